The highest BCUT2D eigenvalue weighted by molar-refractivity contribution is 7.92. The van der Waals surface area contributed by atoms with Crippen molar-refractivity contribution >= 4 is 15.5 Å². The molecule has 0 aromatic heterocycles. The Bertz CT molecular complexity index is 519. The molecule has 6 heteroatoms. The number of nitrogens with two attached hydrogens (primary N) is 1. The number of nitriles is 1. The van der Waals surface area contributed by atoms with Gasteiger partial charge in [0.05, 0.1) is 16.7 Å². The van der Waals surface area contributed by atoms with Crippen molar-refractivity contribution in [2.24, 2.45) is 0 Å². The first kappa shape index (κ1) is 11.5. The minimum atomic E-state index is -3.87. The zero-order chi connectivity index (χ0) is 11.6. The lowest BCUT2D eigenvalue weighted by atomic mass is 10.3. The van der Waals surface area contributed by atoms with Crippen molar-refractivity contribution in [1.29, 1.82) is 5.26 Å². The van der Waals surface area contributed by atoms with E-state index in [0.29, 0.717) is 0 Å². The van der Waals surface area contributed by atoms with Crippen molar-refractivity contribution in [3.05, 3.63) is 24.0 Å². The van der Waals surface area contributed by atoms with Crippen LogP contribution in [0.5, 0.6) is 0 Å². The Balaban J connectivity index is 3.41. The second-order valence-electron chi connectivity index (χ2n) is 3.00. The number of benzene rings is 1. The lowest BCUT2D eigenvalue weighted by Gasteiger charge is -2.08. The quantitative estimate of drug-likeness (QED) is 0.768. The van der Waals surface area contributed by atoms with Crippen LogP contribution < -0.4 is 5.73 Å². The molecule has 0 aliphatic heterocycles. The summed E-state index contributed by atoms with van der Waals surface area (Å²) < 4.78 is 36.2. The number of hydrogen-bond donors (Lipinski definition) is 1. The Morgan fingerprint density at radius 2 is 2.13 bits per heavy atom. The standard InChI is InChI=1S/C9H9FN2O2S/c1-6(5-11)15(13,14)9-4-7(10)2-3-8(9)12/h2-4,6H,12H2,1H3. The van der Waals surface area contributed by atoms with E-state index in [1.807, 2.05) is 0 Å². The van der Waals surface area contributed by atoms with Crippen LogP contribution in [-0.4, -0.2) is 13.7 Å². The van der Waals surface area contributed by atoms with Crippen LogP contribution in [0.2, 0.25) is 0 Å². The fraction of sp³-hybridized carbons (Fsp3) is 0.222. The zero-order valence-corrected chi connectivity index (χ0v) is 8.75. The Kier molecular flexibility index (Phi) is 2.95. The van der Waals surface area contributed by atoms with Crippen LogP contribution in [0, 0.1) is 17.1 Å². The molecule has 0 saturated heterocycles. The van der Waals surface area contributed by atoms with Crippen LogP contribution in [0.4, 0.5) is 10.1 Å². The first-order valence-corrected chi connectivity index (χ1v) is 5.62. The molecule has 15 heavy (non-hydrogen) atoms. The van der Waals surface area contributed by atoms with Gasteiger partial charge in [-0.05, 0) is 25.1 Å². The number of hydrogen-bond acceptors (Lipinski definition) is 4. The fourth-order valence-electron chi connectivity index (χ4n) is 1.01. The molecule has 0 aliphatic rings. The molecule has 1 rings (SSSR count). The van der Waals surface area contributed by atoms with Gasteiger partial charge in [0, 0.05) is 0 Å². The van der Waals surface area contributed by atoms with E-state index < -0.39 is 20.9 Å². The summed E-state index contributed by atoms with van der Waals surface area (Å²) in [5.41, 5.74) is 5.36. The number of rotatable bonds is 2. The normalized spacial score (nSPS) is 13.1. The molecule has 0 bridgehead atoms. The first-order chi connectivity index (χ1) is 6.89. The molecule has 0 amide bonds. The summed E-state index contributed by atoms with van der Waals surface area (Å²) in [6.45, 7) is 1.22. The molecular weight excluding hydrogens is 219 g/mol. The van der Waals surface area contributed by atoms with E-state index in [-0.39, 0.29) is 10.6 Å². The van der Waals surface area contributed by atoms with E-state index >= 15 is 0 Å². The number of halogens is 1. The fourth-order valence-corrected chi connectivity index (χ4v) is 2.21. The van der Waals surface area contributed by atoms with Gasteiger partial charge in [-0.2, -0.15) is 5.26 Å². The van der Waals surface area contributed by atoms with Gasteiger partial charge < -0.3 is 5.73 Å². The molecule has 1 atom stereocenters. The van der Waals surface area contributed by atoms with Crippen LogP contribution in [0.3, 0.4) is 0 Å². The molecule has 0 saturated carbocycles. The third-order valence-corrected chi connectivity index (χ3v) is 3.93. The molecule has 0 fully saturated rings. The van der Waals surface area contributed by atoms with E-state index in [1.165, 1.54) is 6.92 Å². The van der Waals surface area contributed by atoms with Crippen molar-refractivity contribution in [3.63, 3.8) is 0 Å². The third kappa shape index (κ3) is 2.07. The summed E-state index contributed by atoms with van der Waals surface area (Å²) in [4.78, 5) is -0.337. The molecule has 1 aromatic rings. The Morgan fingerprint density at radius 3 is 2.67 bits per heavy atom. The summed E-state index contributed by atoms with van der Waals surface area (Å²) in [6, 6.07) is 4.62. The molecular formula is C9H9FN2O2S. The van der Waals surface area contributed by atoms with E-state index in [9.17, 15) is 12.8 Å². The maximum absolute atomic E-state index is 12.8. The summed E-state index contributed by atoms with van der Waals surface area (Å²) >= 11 is 0. The highest BCUT2D eigenvalue weighted by Gasteiger charge is 2.25. The molecule has 0 heterocycles. The Morgan fingerprint density at radius 1 is 1.53 bits per heavy atom. The van der Waals surface area contributed by atoms with E-state index in [0.717, 1.165) is 18.2 Å². The maximum atomic E-state index is 12.8. The van der Waals surface area contributed by atoms with Gasteiger partial charge in [-0.15, -0.1) is 0 Å². The van der Waals surface area contributed by atoms with E-state index in [4.69, 9.17) is 11.0 Å². The zero-order valence-electron chi connectivity index (χ0n) is 7.94. The van der Waals surface area contributed by atoms with Crippen molar-refractivity contribution in [2.45, 2.75) is 17.1 Å². The molecule has 80 valence electrons. The highest BCUT2D eigenvalue weighted by atomic mass is 32.2. The van der Waals surface area contributed by atoms with Gasteiger partial charge in [0.25, 0.3) is 0 Å². The van der Waals surface area contributed by atoms with E-state index in [1.54, 1.807) is 6.07 Å². The average Bonchev–Trinajstić information content (AvgIpc) is 2.20. The first-order valence-electron chi connectivity index (χ1n) is 4.08. The molecule has 0 spiro atoms. The monoisotopic (exact) mass is 228 g/mol. The minimum Gasteiger partial charge on any atom is -0.398 e. The van der Waals surface area contributed by atoms with Crippen LogP contribution in [0.1, 0.15) is 6.92 Å². The SMILES string of the molecule is CC(C#N)S(=O)(=O)c1cc(F)ccc1N. The van der Waals surface area contributed by atoms with Gasteiger partial charge >= 0.3 is 0 Å². The highest BCUT2D eigenvalue weighted by Crippen LogP contribution is 2.23. The van der Waals surface area contributed by atoms with Gasteiger partial charge in [-0.1, -0.05) is 0 Å². The van der Waals surface area contributed by atoms with Crippen molar-refractivity contribution in [3.8, 4) is 6.07 Å². The van der Waals surface area contributed by atoms with E-state index in [2.05, 4.69) is 0 Å². The predicted octanol–water partition coefficient (Wildman–Crippen LogP) is 1.09. The second kappa shape index (κ2) is 3.87. The summed E-state index contributed by atoms with van der Waals surface area (Å²) in [6.07, 6.45) is 0. The smallest absolute Gasteiger partial charge is 0.196 e. The molecule has 0 aliphatic carbocycles. The van der Waals surface area contributed by atoms with Crippen LogP contribution >= 0.6 is 0 Å². The van der Waals surface area contributed by atoms with Crippen molar-refractivity contribution in [1.82, 2.24) is 0 Å². The predicted molar refractivity (Wildman–Crippen MR) is 53.1 cm³/mol. The second-order valence-corrected chi connectivity index (χ2v) is 5.24. The van der Waals surface area contributed by atoms with Crippen LogP contribution in [-0.2, 0) is 9.84 Å². The van der Waals surface area contributed by atoms with Gasteiger partial charge in [0.2, 0.25) is 0 Å². The number of nitrogens with zero attached hydrogens (tertiary/aromatic N) is 1. The van der Waals surface area contributed by atoms with Crippen LogP contribution in [0.25, 0.3) is 0 Å². The molecule has 0 radical (unpaired) electrons. The molecule has 1 unspecified atom stereocenters. The summed E-state index contributed by atoms with van der Waals surface area (Å²) in [5.74, 6) is -0.701. The summed E-state index contributed by atoms with van der Waals surface area (Å²) in [5, 5.41) is 7.28. The van der Waals surface area contributed by atoms with Gasteiger partial charge in [-0.3, -0.25) is 0 Å². The lowest BCUT2D eigenvalue weighted by molar-refractivity contribution is 0.587. The van der Waals surface area contributed by atoms with Gasteiger partial charge in [0.15, 0.2) is 9.84 Å². The lowest BCUT2D eigenvalue weighted by Crippen LogP contribution is -2.17. The van der Waals surface area contributed by atoms with Crippen LogP contribution in [0.15, 0.2) is 23.1 Å². The average molecular weight is 228 g/mol. The third-order valence-electron chi connectivity index (χ3n) is 1.93. The molecule has 2 N–H and O–H groups in total. The minimum absolute atomic E-state index is 0.0569. The largest absolute Gasteiger partial charge is 0.398 e. The van der Waals surface area contributed by atoms with Crippen molar-refractivity contribution in [2.75, 3.05) is 5.73 Å². The van der Waals surface area contributed by atoms with Gasteiger partial charge in [0.1, 0.15) is 11.1 Å². The maximum Gasteiger partial charge on any atom is 0.196 e. The Labute approximate surface area is 87.0 Å². The number of anilines is 1. The summed E-state index contributed by atoms with van der Waals surface area (Å²) in [7, 11) is -3.87. The molecule has 1 aromatic carbocycles. The molecule has 4 nitrogen and oxygen atoms in total. The number of nitrogen functional groups attached to an aromatic ring is 1. The number of sulfone groups is 1. The van der Waals surface area contributed by atoms with Gasteiger partial charge in [-0.25, -0.2) is 12.8 Å². The Hall–Kier alpha value is -1.61. The topological polar surface area (TPSA) is 84.0 Å². The van der Waals surface area contributed by atoms with Crippen molar-refractivity contribution < 1.29 is 12.8 Å².